The second kappa shape index (κ2) is 8.86. The summed E-state index contributed by atoms with van der Waals surface area (Å²) in [4.78, 5) is 5.36. The molecule has 1 heterocycles. The average molecular weight is 548 g/mol. The minimum atomic E-state index is -0.174. The summed E-state index contributed by atoms with van der Waals surface area (Å²) in [7, 11) is 0. The predicted molar refractivity (Wildman–Crippen MR) is 183 cm³/mol. The fraction of sp³-hybridized carbons (Fsp3) is 0.0714. The van der Waals surface area contributed by atoms with Gasteiger partial charge in [0, 0.05) is 16.4 Å². The van der Waals surface area contributed by atoms with Crippen molar-refractivity contribution < 1.29 is 0 Å². The summed E-state index contributed by atoms with van der Waals surface area (Å²) < 4.78 is 0. The van der Waals surface area contributed by atoms with Crippen LogP contribution in [-0.2, 0) is 5.41 Å². The van der Waals surface area contributed by atoms with Crippen molar-refractivity contribution in [3.8, 4) is 33.5 Å². The molecule has 1 heteroatoms. The van der Waals surface area contributed by atoms with E-state index in [1.54, 1.807) is 0 Å². The fourth-order valence-electron chi connectivity index (χ4n) is 7.61. The molecule has 9 rings (SSSR count). The lowest BCUT2D eigenvalue weighted by atomic mass is 9.78. The van der Waals surface area contributed by atoms with Gasteiger partial charge in [-0.2, -0.15) is 0 Å². The first-order chi connectivity index (χ1) is 21.1. The summed E-state index contributed by atoms with van der Waals surface area (Å²) in [5.74, 6) is 0. The number of nitrogens with zero attached hydrogens (tertiary/aromatic N) is 1. The molecule has 0 atom stereocenters. The zero-order chi connectivity index (χ0) is 28.7. The quantitative estimate of drug-likeness (QED) is 0.196. The molecule has 0 aliphatic heterocycles. The molecule has 43 heavy (non-hydrogen) atoms. The Morgan fingerprint density at radius 1 is 0.488 bits per heavy atom. The third kappa shape index (κ3) is 3.43. The maximum atomic E-state index is 5.36. The summed E-state index contributed by atoms with van der Waals surface area (Å²) in [6, 6.07) is 51.0. The maximum Gasteiger partial charge on any atom is 0.0759 e. The second-order valence-electron chi connectivity index (χ2n) is 12.3. The van der Waals surface area contributed by atoms with Crippen LogP contribution in [-0.4, -0.2) is 4.98 Å². The Balaban J connectivity index is 1.33. The van der Waals surface area contributed by atoms with Crippen molar-refractivity contribution in [3.63, 3.8) is 0 Å². The minimum absolute atomic E-state index is 0.174. The van der Waals surface area contributed by atoms with E-state index in [2.05, 4.69) is 153 Å². The SMILES string of the molecule is CC1(C)c2ccccc2-c2nc3ccc4ccccc4c3c(-c3ccc(-c4cc5ccccc5c5ccccc45)cc3)c21. The van der Waals surface area contributed by atoms with Gasteiger partial charge in [0.05, 0.1) is 11.2 Å². The highest BCUT2D eigenvalue weighted by molar-refractivity contribution is 6.16. The number of hydrogen-bond donors (Lipinski definition) is 0. The van der Waals surface area contributed by atoms with Crippen LogP contribution in [0.1, 0.15) is 25.0 Å². The van der Waals surface area contributed by atoms with Crippen molar-refractivity contribution in [3.05, 3.63) is 151 Å². The van der Waals surface area contributed by atoms with Crippen LogP contribution in [0, 0.1) is 0 Å². The van der Waals surface area contributed by atoms with E-state index >= 15 is 0 Å². The molecular formula is C42H29N. The van der Waals surface area contributed by atoms with Crippen LogP contribution in [0.2, 0.25) is 0 Å². The highest BCUT2D eigenvalue weighted by atomic mass is 14.7. The van der Waals surface area contributed by atoms with Crippen molar-refractivity contribution in [2.75, 3.05) is 0 Å². The minimum Gasteiger partial charge on any atom is -0.247 e. The predicted octanol–water partition coefficient (Wildman–Crippen LogP) is 11.3. The summed E-state index contributed by atoms with van der Waals surface area (Å²) in [5, 5.41) is 8.87. The van der Waals surface area contributed by atoms with Crippen LogP contribution in [0.4, 0.5) is 0 Å². The van der Waals surface area contributed by atoms with Crippen molar-refractivity contribution >= 4 is 43.2 Å². The lowest BCUT2D eigenvalue weighted by molar-refractivity contribution is 0.662. The molecule has 0 bridgehead atoms. The van der Waals surface area contributed by atoms with E-state index in [1.165, 1.54) is 76.6 Å². The normalized spacial score (nSPS) is 13.5. The van der Waals surface area contributed by atoms with E-state index in [4.69, 9.17) is 4.98 Å². The molecule has 0 radical (unpaired) electrons. The molecule has 0 saturated carbocycles. The molecule has 0 amide bonds. The molecule has 0 N–H and O–H groups in total. The van der Waals surface area contributed by atoms with Crippen LogP contribution in [0.5, 0.6) is 0 Å². The topological polar surface area (TPSA) is 12.9 Å². The van der Waals surface area contributed by atoms with Crippen LogP contribution < -0.4 is 0 Å². The third-order valence-corrected chi connectivity index (χ3v) is 9.61. The zero-order valence-electron chi connectivity index (χ0n) is 24.2. The van der Waals surface area contributed by atoms with Crippen LogP contribution in [0.25, 0.3) is 76.7 Å². The van der Waals surface area contributed by atoms with Crippen molar-refractivity contribution in [1.82, 2.24) is 4.98 Å². The molecule has 1 aliphatic rings. The molecule has 1 aliphatic carbocycles. The fourth-order valence-corrected chi connectivity index (χ4v) is 7.61. The Morgan fingerprint density at radius 3 is 1.93 bits per heavy atom. The van der Waals surface area contributed by atoms with Gasteiger partial charge in [0.2, 0.25) is 0 Å². The van der Waals surface area contributed by atoms with E-state index in [9.17, 15) is 0 Å². The number of aromatic nitrogens is 1. The van der Waals surface area contributed by atoms with Gasteiger partial charge in [0.25, 0.3) is 0 Å². The maximum absolute atomic E-state index is 5.36. The Hall–Kier alpha value is -5.27. The number of fused-ring (bicyclic) bond motifs is 9. The molecule has 0 fully saturated rings. The van der Waals surface area contributed by atoms with Crippen molar-refractivity contribution in [2.45, 2.75) is 19.3 Å². The van der Waals surface area contributed by atoms with Gasteiger partial charge in [0.15, 0.2) is 0 Å². The lowest BCUT2D eigenvalue weighted by Crippen LogP contribution is -2.16. The molecule has 8 aromatic rings. The molecule has 0 saturated heterocycles. The van der Waals surface area contributed by atoms with Crippen molar-refractivity contribution in [2.24, 2.45) is 0 Å². The second-order valence-corrected chi connectivity index (χ2v) is 12.3. The zero-order valence-corrected chi connectivity index (χ0v) is 24.2. The largest absolute Gasteiger partial charge is 0.247 e. The smallest absolute Gasteiger partial charge is 0.0759 e. The van der Waals surface area contributed by atoms with Gasteiger partial charge < -0.3 is 0 Å². The first kappa shape index (κ1) is 24.3. The number of pyridine rings is 1. The summed E-state index contributed by atoms with van der Waals surface area (Å²) >= 11 is 0. The van der Waals surface area contributed by atoms with Crippen LogP contribution in [0.15, 0.2) is 140 Å². The number of rotatable bonds is 2. The van der Waals surface area contributed by atoms with E-state index in [0.29, 0.717) is 0 Å². The molecular weight excluding hydrogens is 518 g/mol. The molecule has 7 aromatic carbocycles. The van der Waals surface area contributed by atoms with Gasteiger partial charge in [-0.3, -0.25) is 0 Å². The molecule has 0 spiro atoms. The highest BCUT2D eigenvalue weighted by Crippen LogP contribution is 2.54. The molecule has 0 unspecified atom stereocenters. The van der Waals surface area contributed by atoms with Gasteiger partial charge in [-0.05, 0) is 77.8 Å². The van der Waals surface area contributed by atoms with Crippen LogP contribution >= 0.6 is 0 Å². The summed E-state index contributed by atoms with van der Waals surface area (Å²) in [6.07, 6.45) is 0. The first-order valence-electron chi connectivity index (χ1n) is 15.1. The van der Waals surface area contributed by atoms with E-state index < -0.39 is 0 Å². The average Bonchev–Trinajstić information content (AvgIpc) is 3.29. The van der Waals surface area contributed by atoms with Gasteiger partial charge >= 0.3 is 0 Å². The Morgan fingerprint density at radius 2 is 1.12 bits per heavy atom. The molecule has 1 nitrogen and oxygen atoms in total. The van der Waals surface area contributed by atoms with E-state index in [0.717, 1.165) is 11.2 Å². The Bertz CT molecular complexity index is 2410. The van der Waals surface area contributed by atoms with Gasteiger partial charge in [-0.25, -0.2) is 4.98 Å². The number of hydrogen-bond acceptors (Lipinski definition) is 1. The standard InChI is InChI=1S/C42H29N/c1-42(2)36-18-10-9-17-34(36)41-40(42)38(39-31-14-6-3-11-26(31)23-24-37(39)43-41)28-21-19-27(20-22-28)35-25-29-12-4-5-13-30(29)32-15-7-8-16-33(32)35/h3-25H,1-2H3. The van der Waals surface area contributed by atoms with Crippen LogP contribution in [0.3, 0.4) is 0 Å². The highest BCUT2D eigenvalue weighted by Gasteiger charge is 2.39. The summed E-state index contributed by atoms with van der Waals surface area (Å²) in [5.41, 5.74) is 10.9. The molecule has 1 aromatic heterocycles. The number of benzene rings is 7. The molecule has 202 valence electrons. The third-order valence-electron chi connectivity index (χ3n) is 9.61. The van der Waals surface area contributed by atoms with Gasteiger partial charge in [-0.15, -0.1) is 0 Å². The van der Waals surface area contributed by atoms with Crippen molar-refractivity contribution in [1.29, 1.82) is 0 Å². The van der Waals surface area contributed by atoms with Gasteiger partial charge in [0.1, 0.15) is 0 Å². The Labute approximate surface area is 251 Å². The lowest BCUT2D eigenvalue weighted by Gasteiger charge is -2.26. The van der Waals surface area contributed by atoms with E-state index in [-0.39, 0.29) is 5.41 Å². The van der Waals surface area contributed by atoms with Gasteiger partial charge in [-0.1, -0.05) is 141 Å². The first-order valence-corrected chi connectivity index (χ1v) is 15.1. The summed E-state index contributed by atoms with van der Waals surface area (Å²) in [6.45, 7) is 4.71. The monoisotopic (exact) mass is 547 g/mol. The van der Waals surface area contributed by atoms with E-state index in [1.807, 2.05) is 0 Å². The Kier molecular flexibility index (Phi) is 5.02.